The largest absolute Gasteiger partial charge is 0.488 e. The van der Waals surface area contributed by atoms with Gasteiger partial charge in [0.25, 0.3) is 0 Å². The summed E-state index contributed by atoms with van der Waals surface area (Å²) in [5.41, 5.74) is 3.05. The Hall–Kier alpha value is -2.40. The number of benzene rings is 2. The lowest BCUT2D eigenvalue weighted by Crippen LogP contribution is -2.14. The minimum atomic E-state index is -0.462. The maximum atomic E-state index is 12.3. The molecule has 0 aliphatic rings. The van der Waals surface area contributed by atoms with Crippen LogP contribution in [0.1, 0.15) is 29.2 Å². The van der Waals surface area contributed by atoms with E-state index in [2.05, 4.69) is 15.9 Å². The van der Waals surface area contributed by atoms with Crippen LogP contribution in [0.3, 0.4) is 0 Å². The third-order valence-electron chi connectivity index (χ3n) is 4.42. The van der Waals surface area contributed by atoms with Gasteiger partial charge in [-0.15, -0.1) is 0 Å². The second-order valence-electron chi connectivity index (χ2n) is 6.32. The van der Waals surface area contributed by atoms with Crippen molar-refractivity contribution >= 4 is 32.7 Å². The number of halogens is 1. The Kier molecular flexibility index (Phi) is 5.28. The normalized spacial score (nSPS) is 10.9. The van der Waals surface area contributed by atoms with E-state index >= 15 is 0 Å². The Morgan fingerprint density at radius 1 is 1.12 bits per heavy atom. The van der Waals surface area contributed by atoms with Crippen LogP contribution in [0.15, 0.2) is 50.1 Å². The maximum absolute atomic E-state index is 12.3. The number of rotatable bonds is 5. The maximum Gasteiger partial charge on any atom is 0.340 e. The lowest BCUT2D eigenvalue weighted by molar-refractivity contribution is -0.116. The number of carbonyl (C=O) groups excluding carboxylic acids is 1. The highest BCUT2D eigenvalue weighted by Crippen LogP contribution is 2.30. The van der Waals surface area contributed by atoms with E-state index in [0.717, 1.165) is 26.5 Å². The molecule has 3 aromatic rings. The van der Waals surface area contributed by atoms with Gasteiger partial charge in [-0.1, -0.05) is 34.1 Å². The van der Waals surface area contributed by atoms with Crippen LogP contribution in [-0.2, 0) is 17.8 Å². The minimum Gasteiger partial charge on any atom is -0.488 e. The summed E-state index contributed by atoms with van der Waals surface area (Å²) in [7, 11) is 0. The Bertz CT molecular complexity index is 1050. The molecule has 26 heavy (non-hydrogen) atoms. The van der Waals surface area contributed by atoms with E-state index in [1.807, 2.05) is 50.2 Å². The number of hydrogen-bond acceptors (Lipinski definition) is 4. The van der Waals surface area contributed by atoms with Gasteiger partial charge in [0.05, 0.1) is 0 Å². The molecular formula is C21H19BrO4. The quantitative estimate of drug-likeness (QED) is 0.558. The summed E-state index contributed by atoms with van der Waals surface area (Å²) >= 11 is 3.51. The number of ketones is 1. The number of aryl methyl sites for hydroxylation is 2. The van der Waals surface area contributed by atoms with E-state index in [1.165, 1.54) is 6.92 Å². The zero-order valence-corrected chi connectivity index (χ0v) is 16.5. The van der Waals surface area contributed by atoms with Crippen LogP contribution in [0.2, 0.25) is 0 Å². The molecule has 4 nitrogen and oxygen atoms in total. The smallest absolute Gasteiger partial charge is 0.340 e. The fourth-order valence-corrected chi connectivity index (χ4v) is 3.35. The number of Topliss-reactive ketones (excluding diaryl/α,β-unsaturated/α-hetero) is 1. The van der Waals surface area contributed by atoms with Gasteiger partial charge in [0.15, 0.2) is 0 Å². The van der Waals surface area contributed by atoms with Gasteiger partial charge in [0.2, 0.25) is 0 Å². The molecule has 0 bridgehead atoms. The number of carbonyl (C=O) groups is 1. The molecule has 0 unspecified atom stereocenters. The van der Waals surface area contributed by atoms with Gasteiger partial charge in [-0.3, -0.25) is 4.79 Å². The average molecular weight is 415 g/mol. The van der Waals surface area contributed by atoms with Gasteiger partial charge in [-0.25, -0.2) is 4.79 Å². The topological polar surface area (TPSA) is 56.5 Å². The highest BCUT2D eigenvalue weighted by molar-refractivity contribution is 9.10. The molecule has 0 spiro atoms. The molecule has 1 heterocycles. The van der Waals surface area contributed by atoms with Crippen LogP contribution in [0.5, 0.6) is 5.75 Å². The van der Waals surface area contributed by atoms with Crippen LogP contribution in [0.25, 0.3) is 11.0 Å². The number of fused-ring (bicyclic) bond motifs is 1. The predicted molar refractivity (Wildman–Crippen MR) is 105 cm³/mol. The minimum absolute atomic E-state index is 0.0649. The van der Waals surface area contributed by atoms with Crippen LogP contribution < -0.4 is 10.4 Å². The molecule has 5 heteroatoms. The third-order valence-corrected chi connectivity index (χ3v) is 5.19. The van der Waals surface area contributed by atoms with E-state index in [1.54, 1.807) is 0 Å². The third kappa shape index (κ3) is 3.58. The molecule has 2 aromatic carbocycles. The van der Waals surface area contributed by atoms with Gasteiger partial charge < -0.3 is 9.15 Å². The van der Waals surface area contributed by atoms with E-state index < -0.39 is 5.63 Å². The summed E-state index contributed by atoms with van der Waals surface area (Å²) in [5.74, 6) is 0.597. The standard InChI is InChI=1S/C21H19BrO4/c1-12(23)10-17-13(2)16-8-9-19(14(3)20(16)26-21(17)24)25-11-15-6-4-5-7-18(15)22/h4-9H,10-11H2,1-3H3. The first-order valence-electron chi connectivity index (χ1n) is 8.30. The van der Waals surface area contributed by atoms with Crippen LogP contribution in [0, 0.1) is 13.8 Å². The molecule has 1 aromatic heterocycles. The van der Waals surface area contributed by atoms with Crippen molar-refractivity contribution in [3.05, 3.63) is 73.5 Å². The van der Waals surface area contributed by atoms with Crippen molar-refractivity contribution in [3.8, 4) is 5.75 Å². The zero-order chi connectivity index (χ0) is 18.8. The van der Waals surface area contributed by atoms with Gasteiger partial charge in [0, 0.05) is 33.0 Å². The van der Waals surface area contributed by atoms with Crippen LogP contribution in [0.4, 0.5) is 0 Å². The molecule has 0 N–H and O–H groups in total. The predicted octanol–water partition coefficient (Wildman–Crippen LogP) is 4.88. The zero-order valence-electron chi connectivity index (χ0n) is 14.9. The monoisotopic (exact) mass is 414 g/mol. The van der Waals surface area contributed by atoms with Crippen molar-refractivity contribution in [1.82, 2.24) is 0 Å². The van der Waals surface area contributed by atoms with Crippen molar-refractivity contribution in [1.29, 1.82) is 0 Å². The highest BCUT2D eigenvalue weighted by Gasteiger charge is 2.16. The second-order valence-corrected chi connectivity index (χ2v) is 7.17. The number of hydrogen-bond donors (Lipinski definition) is 0. The number of ether oxygens (including phenoxy) is 1. The van der Waals surface area contributed by atoms with Gasteiger partial charge in [0.1, 0.15) is 23.7 Å². The fraction of sp³-hybridized carbons (Fsp3) is 0.238. The Labute approximate surface area is 159 Å². The van der Waals surface area contributed by atoms with Gasteiger partial charge >= 0.3 is 5.63 Å². The SMILES string of the molecule is CC(=O)Cc1c(C)c2ccc(OCc3ccccc3Br)c(C)c2oc1=O. The van der Waals surface area contributed by atoms with Crippen molar-refractivity contribution in [2.45, 2.75) is 33.8 Å². The van der Waals surface area contributed by atoms with E-state index in [4.69, 9.17) is 9.15 Å². The first kappa shape index (κ1) is 18.4. The molecule has 0 aliphatic heterocycles. The molecule has 3 rings (SSSR count). The average Bonchev–Trinajstić information content (AvgIpc) is 2.60. The first-order chi connectivity index (χ1) is 12.4. The molecule has 0 aliphatic carbocycles. The van der Waals surface area contributed by atoms with Crippen LogP contribution in [-0.4, -0.2) is 5.78 Å². The Morgan fingerprint density at radius 3 is 2.54 bits per heavy atom. The fourth-order valence-electron chi connectivity index (χ4n) is 2.95. The molecule has 0 fully saturated rings. The molecule has 0 radical (unpaired) electrons. The molecular weight excluding hydrogens is 396 g/mol. The summed E-state index contributed by atoms with van der Waals surface area (Å²) < 4.78 is 12.4. The molecule has 0 amide bonds. The summed E-state index contributed by atoms with van der Waals surface area (Å²) in [5, 5.41) is 0.826. The summed E-state index contributed by atoms with van der Waals surface area (Å²) in [4.78, 5) is 23.7. The first-order valence-corrected chi connectivity index (χ1v) is 9.09. The van der Waals surface area contributed by atoms with Crippen molar-refractivity contribution in [2.24, 2.45) is 0 Å². The molecule has 0 saturated heterocycles. The molecule has 0 saturated carbocycles. The van der Waals surface area contributed by atoms with Crippen LogP contribution >= 0.6 is 15.9 Å². The van der Waals surface area contributed by atoms with Crippen molar-refractivity contribution in [2.75, 3.05) is 0 Å². The van der Waals surface area contributed by atoms with Crippen molar-refractivity contribution in [3.63, 3.8) is 0 Å². The Morgan fingerprint density at radius 2 is 1.85 bits per heavy atom. The van der Waals surface area contributed by atoms with E-state index in [0.29, 0.717) is 23.5 Å². The molecule has 0 atom stereocenters. The van der Waals surface area contributed by atoms with Crippen molar-refractivity contribution < 1.29 is 13.9 Å². The summed E-state index contributed by atoms with van der Waals surface area (Å²) in [6, 6.07) is 11.6. The second kappa shape index (κ2) is 7.46. The lowest BCUT2D eigenvalue weighted by atomic mass is 10.0. The van der Waals surface area contributed by atoms with E-state index in [-0.39, 0.29) is 12.2 Å². The van der Waals surface area contributed by atoms with Gasteiger partial charge in [-0.2, -0.15) is 0 Å². The highest BCUT2D eigenvalue weighted by atomic mass is 79.9. The van der Waals surface area contributed by atoms with Gasteiger partial charge in [-0.05, 0) is 44.5 Å². The Balaban J connectivity index is 1.99. The summed E-state index contributed by atoms with van der Waals surface area (Å²) in [6.45, 7) is 5.58. The molecule has 134 valence electrons. The summed E-state index contributed by atoms with van der Waals surface area (Å²) in [6.07, 6.45) is 0.0867. The van der Waals surface area contributed by atoms with E-state index in [9.17, 15) is 9.59 Å². The lowest BCUT2D eigenvalue weighted by Gasteiger charge is -2.13.